The Kier molecular flexibility index (Phi) is 5.10. The van der Waals surface area contributed by atoms with Gasteiger partial charge in [0.2, 0.25) is 0 Å². The maximum absolute atomic E-state index is 13.1. The van der Waals surface area contributed by atoms with E-state index in [-0.39, 0.29) is 0 Å². The number of aromatic hydroxyl groups is 1. The third-order valence-corrected chi connectivity index (χ3v) is 3.32. The molecule has 1 aliphatic heterocycles. The molecule has 106 valence electrons. The topological polar surface area (TPSA) is 41.5 Å². The highest BCUT2D eigenvalue weighted by molar-refractivity contribution is 5.29. The second-order valence-electron chi connectivity index (χ2n) is 4.86. The molecule has 1 unspecified atom stereocenters. The van der Waals surface area contributed by atoms with E-state index < -0.39 is 17.4 Å². The van der Waals surface area contributed by atoms with Gasteiger partial charge in [-0.2, -0.15) is 0 Å². The van der Waals surface area contributed by atoms with Crippen LogP contribution in [0.25, 0.3) is 0 Å². The molecular weight excluding hydrogens is 252 g/mol. The summed E-state index contributed by atoms with van der Waals surface area (Å²) in [6.45, 7) is 1.95. The fourth-order valence-corrected chi connectivity index (χ4v) is 2.25. The van der Waals surface area contributed by atoms with Gasteiger partial charge in [0.1, 0.15) is 0 Å². The van der Waals surface area contributed by atoms with E-state index >= 15 is 0 Å². The van der Waals surface area contributed by atoms with Crippen molar-refractivity contribution in [2.45, 2.75) is 38.3 Å². The van der Waals surface area contributed by atoms with Gasteiger partial charge in [0, 0.05) is 13.2 Å². The van der Waals surface area contributed by atoms with E-state index in [2.05, 4.69) is 5.32 Å². The van der Waals surface area contributed by atoms with E-state index in [1.807, 2.05) is 0 Å². The Morgan fingerprint density at radius 1 is 1.26 bits per heavy atom. The predicted octanol–water partition coefficient (Wildman–Crippen LogP) is 2.72. The smallest absolute Gasteiger partial charge is 0.187 e. The Morgan fingerprint density at radius 3 is 2.63 bits per heavy atom. The van der Waals surface area contributed by atoms with Gasteiger partial charge in [-0.15, -0.1) is 0 Å². The summed E-state index contributed by atoms with van der Waals surface area (Å²) in [5, 5.41) is 12.1. The molecule has 0 aromatic heterocycles. The van der Waals surface area contributed by atoms with Crippen LogP contribution in [-0.4, -0.2) is 24.4 Å². The predicted molar refractivity (Wildman–Crippen MR) is 67.9 cm³/mol. The number of halogens is 2. The van der Waals surface area contributed by atoms with Crippen LogP contribution in [0.5, 0.6) is 5.75 Å². The first kappa shape index (κ1) is 14.2. The van der Waals surface area contributed by atoms with Gasteiger partial charge < -0.3 is 15.2 Å². The molecule has 1 aromatic rings. The van der Waals surface area contributed by atoms with Crippen LogP contribution in [0.15, 0.2) is 12.1 Å². The molecule has 3 nitrogen and oxygen atoms in total. The molecule has 1 heterocycles. The molecule has 0 spiro atoms. The number of ether oxygens (including phenoxy) is 1. The Hall–Kier alpha value is -1.20. The molecule has 2 rings (SSSR count). The van der Waals surface area contributed by atoms with Crippen LogP contribution in [0.3, 0.4) is 0 Å². The van der Waals surface area contributed by atoms with Crippen molar-refractivity contribution in [3.63, 3.8) is 0 Å². The third kappa shape index (κ3) is 4.14. The van der Waals surface area contributed by atoms with E-state index in [0.29, 0.717) is 18.2 Å². The van der Waals surface area contributed by atoms with Crippen molar-refractivity contribution in [3.8, 4) is 5.75 Å². The zero-order valence-electron chi connectivity index (χ0n) is 10.8. The molecule has 19 heavy (non-hydrogen) atoms. The highest BCUT2D eigenvalue weighted by atomic mass is 19.1. The molecule has 1 aromatic carbocycles. The van der Waals surface area contributed by atoms with Crippen molar-refractivity contribution in [2.75, 3.05) is 13.2 Å². The minimum absolute atomic E-state index is 0.301. The van der Waals surface area contributed by atoms with Gasteiger partial charge >= 0.3 is 0 Å². The zero-order valence-corrected chi connectivity index (χ0v) is 10.8. The number of hydrogen-bond acceptors (Lipinski definition) is 3. The number of nitrogens with one attached hydrogen (secondary N) is 1. The van der Waals surface area contributed by atoms with Gasteiger partial charge in [-0.1, -0.05) is 0 Å². The SMILES string of the molecule is Oc1c(F)cc(CNCCC2CCCCO2)cc1F. The second kappa shape index (κ2) is 6.82. The molecular formula is C14H19F2NO2. The molecule has 0 saturated carbocycles. The summed E-state index contributed by atoms with van der Waals surface area (Å²) in [6, 6.07) is 2.28. The molecule has 1 atom stereocenters. The van der Waals surface area contributed by atoms with Crippen LogP contribution in [0, 0.1) is 11.6 Å². The van der Waals surface area contributed by atoms with Crippen LogP contribution in [-0.2, 0) is 11.3 Å². The number of hydrogen-bond donors (Lipinski definition) is 2. The van der Waals surface area contributed by atoms with E-state index in [4.69, 9.17) is 9.84 Å². The fraction of sp³-hybridized carbons (Fsp3) is 0.571. The minimum Gasteiger partial charge on any atom is -0.503 e. The fourth-order valence-electron chi connectivity index (χ4n) is 2.25. The summed E-state index contributed by atoms with van der Waals surface area (Å²) < 4.78 is 31.8. The Morgan fingerprint density at radius 2 is 2.00 bits per heavy atom. The lowest BCUT2D eigenvalue weighted by molar-refractivity contribution is 0.0115. The maximum atomic E-state index is 13.1. The normalized spacial score (nSPS) is 19.6. The summed E-state index contributed by atoms with van der Waals surface area (Å²) in [5.41, 5.74) is 0.484. The molecule has 0 aliphatic carbocycles. The van der Waals surface area contributed by atoms with E-state index in [0.717, 1.165) is 44.5 Å². The van der Waals surface area contributed by atoms with Crippen LogP contribution >= 0.6 is 0 Å². The van der Waals surface area contributed by atoms with Crippen LogP contribution in [0.4, 0.5) is 8.78 Å². The summed E-state index contributed by atoms with van der Waals surface area (Å²) in [7, 11) is 0. The lowest BCUT2D eigenvalue weighted by atomic mass is 10.1. The van der Waals surface area contributed by atoms with Gasteiger partial charge in [0.25, 0.3) is 0 Å². The van der Waals surface area contributed by atoms with Crippen molar-refractivity contribution in [1.29, 1.82) is 0 Å². The summed E-state index contributed by atoms with van der Waals surface area (Å²) in [4.78, 5) is 0. The number of phenols is 1. The van der Waals surface area contributed by atoms with E-state index in [9.17, 15) is 8.78 Å². The van der Waals surface area contributed by atoms with E-state index in [1.165, 1.54) is 6.42 Å². The Balaban J connectivity index is 1.73. The number of phenolic OH excluding ortho intramolecular Hbond substituents is 1. The van der Waals surface area contributed by atoms with Crippen LogP contribution < -0.4 is 5.32 Å². The Labute approximate surface area is 111 Å². The standard InChI is InChI=1S/C14H19F2NO2/c15-12-7-10(8-13(16)14(12)18)9-17-5-4-11-3-1-2-6-19-11/h7-8,11,17-18H,1-6,9H2. The van der Waals surface area contributed by atoms with Gasteiger partial charge in [0.05, 0.1) is 6.10 Å². The van der Waals surface area contributed by atoms with Crippen molar-refractivity contribution in [1.82, 2.24) is 5.32 Å². The van der Waals surface area contributed by atoms with Crippen LogP contribution in [0.1, 0.15) is 31.2 Å². The molecule has 0 radical (unpaired) electrons. The number of benzene rings is 1. The Bertz CT molecular complexity index is 397. The van der Waals surface area contributed by atoms with Crippen molar-refractivity contribution in [2.24, 2.45) is 0 Å². The molecule has 1 aliphatic rings. The largest absolute Gasteiger partial charge is 0.503 e. The molecule has 2 N–H and O–H groups in total. The lowest BCUT2D eigenvalue weighted by Crippen LogP contribution is -2.25. The van der Waals surface area contributed by atoms with Gasteiger partial charge in [0.15, 0.2) is 17.4 Å². The monoisotopic (exact) mass is 271 g/mol. The first-order chi connectivity index (χ1) is 9.16. The average Bonchev–Trinajstić information content (AvgIpc) is 2.42. The quantitative estimate of drug-likeness (QED) is 0.809. The highest BCUT2D eigenvalue weighted by Crippen LogP contribution is 2.21. The number of rotatable bonds is 5. The zero-order chi connectivity index (χ0) is 13.7. The summed E-state index contributed by atoms with van der Waals surface area (Å²) in [5.74, 6) is -2.76. The average molecular weight is 271 g/mol. The van der Waals surface area contributed by atoms with E-state index in [1.54, 1.807) is 0 Å². The first-order valence-corrected chi connectivity index (χ1v) is 6.66. The highest BCUT2D eigenvalue weighted by Gasteiger charge is 2.13. The molecule has 1 saturated heterocycles. The third-order valence-electron chi connectivity index (χ3n) is 3.32. The molecule has 1 fully saturated rings. The summed E-state index contributed by atoms with van der Waals surface area (Å²) in [6.07, 6.45) is 4.64. The van der Waals surface area contributed by atoms with Gasteiger partial charge in [-0.25, -0.2) is 8.78 Å². The summed E-state index contributed by atoms with van der Waals surface area (Å²) >= 11 is 0. The second-order valence-corrected chi connectivity index (χ2v) is 4.86. The lowest BCUT2D eigenvalue weighted by Gasteiger charge is -2.22. The van der Waals surface area contributed by atoms with Crippen molar-refractivity contribution < 1.29 is 18.6 Å². The van der Waals surface area contributed by atoms with Crippen LogP contribution in [0.2, 0.25) is 0 Å². The molecule has 0 amide bonds. The van der Waals surface area contributed by atoms with Crippen molar-refractivity contribution >= 4 is 0 Å². The van der Waals surface area contributed by atoms with Gasteiger partial charge in [-0.3, -0.25) is 0 Å². The molecule has 0 bridgehead atoms. The minimum atomic E-state index is -0.924. The maximum Gasteiger partial charge on any atom is 0.187 e. The first-order valence-electron chi connectivity index (χ1n) is 6.66. The van der Waals surface area contributed by atoms with Gasteiger partial charge in [-0.05, 0) is 49.9 Å². The van der Waals surface area contributed by atoms with Crippen molar-refractivity contribution in [3.05, 3.63) is 29.3 Å². The molecule has 5 heteroatoms.